The number of aromatic nitrogens is 1. The number of amidine groups is 1. The fourth-order valence-corrected chi connectivity index (χ4v) is 4.61. The van der Waals surface area contributed by atoms with E-state index in [2.05, 4.69) is 15.2 Å². The van der Waals surface area contributed by atoms with Crippen LogP contribution >= 0.6 is 22.9 Å². The number of likely N-dealkylation sites (tertiary alicyclic amines) is 1. The molecule has 0 bridgehead atoms. The predicted molar refractivity (Wildman–Crippen MR) is 117 cm³/mol. The highest BCUT2D eigenvalue weighted by atomic mass is 35.5. The van der Waals surface area contributed by atoms with Gasteiger partial charge in [0.25, 0.3) is 0 Å². The minimum Gasteiger partial charge on any atom is -0.466 e. The molecule has 0 spiro atoms. The van der Waals surface area contributed by atoms with Crippen LogP contribution in [0, 0.1) is 5.82 Å². The molecule has 2 aliphatic rings. The monoisotopic (exact) mass is 464 g/mol. The van der Waals surface area contributed by atoms with E-state index in [9.17, 15) is 9.18 Å². The van der Waals surface area contributed by atoms with Crippen molar-refractivity contribution < 1.29 is 18.7 Å². The lowest BCUT2D eigenvalue weighted by Crippen LogP contribution is -2.52. The molecule has 164 valence electrons. The van der Waals surface area contributed by atoms with Crippen LogP contribution in [0.1, 0.15) is 23.0 Å². The van der Waals surface area contributed by atoms with Crippen LogP contribution in [-0.4, -0.2) is 61.6 Å². The van der Waals surface area contributed by atoms with Gasteiger partial charge in [-0.15, -0.1) is 11.3 Å². The number of rotatable bonds is 7. The quantitative estimate of drug-likeness (QED) is 0.634. The van der Waals surface area contributed by atoms with Crippen LogP contribution in [0.2, 0.25) is 5.02 Å². The van der Waals surface area contributed by atoms with E-state index in [-0.39, 0.29) is 11.1 Å². The highest BCUT2D eigenvalue weighted by molar-refractivity contribution is 7.11. The van der Waals surface area contributed by atoms with Crippen LogP contribution in [0.25, 0.3) is 0 Å². The van der Waals surface area contributed by atoms with E-state index in [1.807, 2.05) is 5.38 Å². The topological polar surface area (TPSA) is 76.0 Å². The molecule has 10 heteroatoms. The fraction of sp³-hybridized carbons (Fsp3) is 0.381. The Morgan fingerprint density at radius 2 is 2.26 bits per heavy atom. The molecular formula is C21H22ClFN4O3S. The van der Waals surface area contributed by atoms with E-state index in [0.717, 1.165) is 13.0 Å². The summed E-state index contributed by atoms with van der Waals surface area (Å²) in [5, 5.41) is 6.01. The molecule has 4 rings (SSSR count). The first-order chi connectivity index (χ1) is 15.0. The maximum absolute atomic E-state index is 13.7. The van der Waals surface area contributed by atoms with Crippen molar-refractivity contribution in [2.75, 3.05) is 33.9 Å². The van der Waals surface area contributed by atoms with E-state index in [1.54, 1.807) is 19.4 Å². The van der Waals surface area contributed by atoms with Gasteiger partial charge in [-0.25, -0.2) is 14.2 Å². The summed E-state index contributed by atoms with van der Waals surface area (Å²) < 4.78 is 24.1. The third kappa shape index (κ3) is 4.50. The van der Waals surface area contributed by atoms with Crippen molar-refractivity contribution in [3.05, 3.63) is 62.5 Å². The normalized spacial score (nSPS) is 21.4. The second kappa shape index (κ2) is 9.44. The van der Waals surface area contributed by atoms with Gasteiger partial charge in [-0.1, -0.05) is 17.7 Å². The number of nitrogens with zero attached hydrogens (tertiary/aromatic N) is 3. The van der Waals surface area contributed by atoms with Gasteiger partial charge >= 0.3 is 5.97 Å². The van der Waals surface area contributed by atoms with Crippen molar-refractivity contribution in [1.82, 2.24) is 15.2 Å². The molecule has 7 nitrogen and oxygen atoms in total. The Morgan fingerprint density at radius 1 is 1.42 bits per heavy atom. The summed E-state index contributed by atoms with van der Waals surface area (Å²) in [5.74, 6) is -0.441. The smallest absolute Gasteiger partial charge is 0.338 e. The molecule has 3 heterocycles. The summed E-state index contributed by atoms with van der Waals surface area (Å²) in [6.45, 7) is 1.99. The number of nitrogens with one attached hydrogen (secondary N) is 1. The molecule has 1 aromatic carbocycles. The number of thiazole rings is 1. The largest absolute Gasteiger partial charge is 0.466 e. The number of hydrogen-bond acceptors (Lipinski definition) is 8. The molecular weight excluding hydrogens is 443 g/mol. The number of benzene rings is 1. The summed E-state index contributed by atoms with van der Waals surface area (Å²) in [5.41, 5.74) is 1.53. The Balaban J connectivity index is 1.79. The van der Waals surface area contributed by atoms with E-state index < -0.39 is 17.8 Å². The van der Waals surface area contributed by atoms with Crippen LogP contribution < -0.4 is 5.32 Å². The maximum Gasteiger partial charge on any atom is 0.338 e. The van der Waals surface area contributed by atoms with Crippen LogP contribution in [0.4, 0.5) is 4.39 Å². The lowest BCUT2D eigenvalue weighted by molar-refractivity contribution is -0.136. The number of halogens is 2. The lowest BCUT2D eigenvalue weighted by Gasteiger charge is -2.42. The maximum atomic E-state index is 13.7. The minimum atomic E-state index is -0.752. The molecule has 0 radical (unpaired) electrons. The van der Waals surface area contributed by atoms with Crippen molar-refractivity contribution in [2.45, 2.75) is 18.5 Å². The van der Waals surface area contributed by atoms with Crippen molar-refractivity contribution in [1.29, 1.82) is 0 Å². The van der Waals surface area contributed by atoms with Gasteiger partial charge in [0.1, 0.15) is 11.9 Å². The predicted octanol–water partition coefficient (Wildman–Crippen LogP) is 3.17. The van der Waals surface area contributed by atoms with Gasteiger partial charge in [0.05, 0.1) is 19.3 Å². The lowest BCUT2D eigenvalue weighted by atomic mass is 9.94. The zero-order valence-corrected chi connectivity index (χ0v) is 18.7. The standard InChI is InChI=1S/C21H22ClFN4O3S/c1-29-11-13-5-7-27(13)10-16-17(21(28)30-2)18(14-4-3-12(23)9-15(14)22)26-19(25-16)20-24-6-8-31-20/h3-4,6,8-9,13,18H,5,7,10-11H2,1-2H3,(H,25,26). The molecule has 0 aliphatic carbocycles. The summed E-state index contributed by atoms with van der Waals surface area (Å²) in [6, 6.07) is 3.59. The second-order valence-electron chi connectivity index (χ2n) is 7.26. The highest BCUT2D eigenvalue weighted by Crippen LogP contribution is 2.37. The molecule has 1 fully saturated rings. The van der Waals surface area contributed by atoms with Crippen LogP contribution in [-0.2, 0) is 14.3 Å². The summed E-state index contributed by atoms with van der Waals surface area (Å²) in [6.07, 6.45) is 2.71. The Kier molecular flexibility index (Phi) is 6.66. The number of esters is 1. The summed E-state index contributed by atoms with van der Waals surface area (Å²) >= 11 is 7.79. The molecule has 1 N–H and O–H groups in total. The molecule has 1 aromatic heterocycles. The fourth-order valence-electron chi connectivity index (χ4n) is 3.75. The zero-order chi connectivity index (χ0) is 22.0. The number of methoxy groups -OCH3 is 2. The van der Waals surface area contributed by atoms with Crippen molar-refractivity contribution in [2.24, 2.45) is 4.99 Å². The Hall–Kier alpha value is -2.33. The number of carbonyl (C=O) groups is 1. The minimum absolute atomic E-state index is 0.191. The first kappa shape index (κ1) is 21.9. The molecule has 0 saturated carbocycles. The summed E-state index contributed by atoms with van der Waals surface area (Å²) in [7, 11) is 3.00. The van der Waals surface area contributed by atoms with Crippen molar-refractivity contribution in [3.8, 4) is 0 Å². The number of carbonyl (C=O) groups excluding carboxylic acids is 1. The Bertz CT molecular complexity index is 1030. The number of ether oxygens (including phenoxy) is 2. The molecule has 2 atom stereocenters. The first-order valence-corrected chi connectivity index (χ1v) is 11.0. The van der Waals surface area contributed by atoms with Gasteiger partial charge in [0.2, 0.25) is 0 Å². The molecule has 2 unspecified atom stereocenters. The van der Waals surface area contributed by atoms with Gasteiger partial charge in [0, 0.05) is 54.1 Å². The van der Waals surface area contributed by atoms with E-state index >= 15 is 0 Å². The van der Waals surface area contributed by atoms with Gasteiger partial charge in [-0.3, -0.25) is 9.89 Å². The Morgan fingerprint density at radius 3 is 2.87 bits per heavy atom. The third-order valence-corrected chi connectivity index (χ3v) is 6.52. The van der Waals surface area contributed by atoms with Crippen LogP contribution in [0.15, 0.2) is 46.0 Å². The van der Waals surface area contributed by atoms with Gasteiger partial charge in [-0.2, -0.15) is 0 Å². The zero-order valence-electron chi connectivity index (χ0n) is 17.1. The number of aliphatic imine (C=N–C) groups is 1. The van der Waals surface area contributed by atoms with Gasteiger partial charge in [-0.05, 0) is 18.6 Å². The van der Waals surface area contributed by atoms with Crippen molar-refractivity contribution >= 4 is 34.7 Å². The number of hydrogen-bond donors (Lipinski definition) is 1. The average molecular weight is 465 g/mol. The molecule has 31 heavy (non-hydrogen) atoms. The van der Waals surface area contributed by atoms with E-state index in [4.69, 9.17) is 26.1 Å². The molecule has 2 aromatic rings. The summed E-state index contributed by atoms with van der Waals surface area (Å²) in [4.78, 5) is 24.2. The van der Waals surface area contributed by atoms with Crippen LogP contribution in [0.3, 0.4) is 0 Å². The highest BCUT2D eigenvalue weighted by Gasteiger charge is 2.36. The van der Waals surface area contributed by atoms with Gasteiger partial charge < -0.3 is 14.8 Å². The molecule has 0 amide bonds. The van der Waals surface area contributed by atoms with E-state index in [0.29, 0.717) is 40.8 Å². The SMILES string of the molecule is COCC1CCN1CC1=C(C(=O)OC)C(c2ccc(F)cc2Cl)N=C(c2nccs2)N1. The molecule has 2 aliphatic heterocycles. The van der Waals surface area contributed by atoms with E-state index in [1.165, 1.54) is 30.6 Å². The first-order valence-electron chi connectivity index (χ1n) is 9.75. The molecule has 1 saturated heterocycles. The Labute approximate surface area is 188 Å². The third-order valence-electron chi connectivity index (χ3n) is 5.41. The van der Waals surface area contributed by atoms with Crippen LogP contribution in [0.5, 0.6) is 0 Å². The van der Waals surface area contributed by atoms with Crippen molar-refractivity contribution in [3.63, 3.8) is 0 Å². The second-order valence-corrected chi connectivity index (χ2v) is 8.56. The average Bonchev–Trinajstić information content (AvgIpc) is 3.29. The van der Waals surface area contributed by atoms with Gasteiger partial charge in [0.15, 0.2) is 10.8 Å².